The van der Waals surface area contributed by atoms with Crippen molar-refractivity contribution in [1.29, 1.82) is 0 Å². The van der Waals surface area contributed by atoms with Crippen molar-refractivity contribution in [3.05, 3.63) is 45.9 Å². The fraction of sp³-hybridized carbons (Fsp3) is 0.444. The molecule has 27 heavy (non-hydrogen) atoms. The molecule has 0 amide bonds. The van der Waals surface area contributed by atoms with Crippen LogP contribution >= 0.6 is 0 Å². The highest BCUT2D eigenvalue weighted by Gasteiger charge is 2.27. The van der Waals surface area contributed by atoms with Crippen LogP contribution in [0, 0.1) is 21.8 Å². The molecule has 0 unspecified atom stereocenters. The lowest BCUT2D eigenvalue weighted by molar-refractivity contribution is -0.384. The summed E-state index contributed by atoms with van der Waals surface area (Å²) in [7, 11) is 0. The van der Waals surface area contributed by atoms with E-state index in [2.05, 4.69) is 20.6 Å². The molecule has 9 heteroatoms. The predicted octanol–water partition coefficient (Wildman–Crippen LogP) is 3.57. The van der Waals surface area contributed by atoms with Gasteiger partial charge in [-0.1, -0.05) is 13.8 Å². The maximum absolute atomic E-state index is 13.4. The largest absolute Gasteiger partial charge is 0.394 e. The van der Waals surface area contributed by atoms with Crippen LogP contribution in [0.4, 0.5) is 27.5 Å². The van der Waals surface area contributed by atoms with Crippen molar-refractivity contribution >= 4 is 23.1 Å². The van der Waals surface area contributed by atoms with Gasteiger partial charge in [0.15, 0.2) is 0 Å². The van der Waals surface area contributed by atoms with Crippen molar-refractivity contribution in [2.45, 2.75) is 38.6 Å². The van der Waals surface area contributed by atoms with Crippen LogP contribution in [0.1, 0.15) is 38.3 Å². The van der Waals surface area contributed by atoms with Crippen LogP contribution in [-0.4, -0.2) is 32.6 Å². The quantitative estimate of drug-likeness (QED) is 0.477. The van der Waals surface area contributed by atoms with Gasteiger partial charge in [-0.2, -0.15) is 4.98 Å². The molecule has 1 fully saturated rings. The van der Waals surface area contributed by atoms with Gasteiger partial charge in [0.2, 0.25) is 5.95 Å². The Kier molecular flexibility index (Phi) is 5.50. The maximum Gasteiger partial charge on any atom is 0.295 e. The summed E-state index contributed by atoms with van der Waals surface area (Å²) in [6.45, 7) is 3.88. The van der Waals surface area contributed by atoms with Crippen LogP contribution in [0.15, 0.2) is 24.3 Å². The Labute approximate surface area is 156 Å². The molecule has 0 bridgehead atoms. The zero-order valence-corrected chi connectivity index (χ0v) is 15.1. The summed E-state index contributed by atoms with van der Waals surface area (Å²) in [5.41, 5.74) is 0.613. The highest BCUT2D eigenvalue weighted by Crippen LogP contribution is 2.40. The number of nitrogens with one attached hydrogen (secondary N) is 2. The Hall–Kier alpha value is -2.81. The predicted molar refractivity (Wildman–Crippen MR) is 99.7 cm³/mol. The van der Waals surface area contributed by atoms with Crippen molar-refractivity contribution in [3.63, 3.8) is 0 Å². The molecule has 1 heterocycles. The average molecular weight is 375 g/mol. The second-order valence-corrected chi connectivity index (χ2v) is 7.00. The van der Waals surface area contributed by atoms with E-state index in [1.54, 1.807) is 6.07 Å². The number of nitro groups is 1. The Balaban J connectivity index is 1.92. The summed E-state index contributed by atoms with van der Waals surface area (Å²) in [5.74, 6) is 0.546. The molecule has 0 aliphatic heterocycles. The lowest BCUT2D eigenvalue weighted by Gasteiger charge is -2.20. The van der Waals surface area contributed by atoms with Gasteiger partial charge < -0.3 is 15.7 Å². The number of aliphatic hydroxyl groups excluding tert-OH is 1. The molecule has 2 aromatic rings. The first-order valence-corrected chi connectivity index (χ1v) is 8.84. The third-order valence-electron chi connectivity index (χ3n) is 4.48. The minimum absolute atomic E-state index is 0.0686. The van der Waals surface area contributed by atoms with Gasteiger partial charge >= 0.3 is 0 Å². The number of halogens is 1. The Morgan fingerprint density at radius 3 is 2.67 bits per heavy atom. The molecular weight excluding hydrogens is 353 g/mol. The topological polar surface area (TPSA) is 113 Å². The Bertz CT molecular complexity index is 842. The first kappa shape index (κ1) is 19.0. The molecule has 1 aromatic carbocycles. The van der Waals surface area contributed by atoms with Gasteiger partial charge in [0.05, 0.1) is 29.3 Å². The first-order chi connectivity index (χ1) is 12.9. The average Bonchev–Trinajstić information content (AvgIpc) is 3.45. The van der Waals surface area contributed by atoms with E-state index in [4.69, 9.17) is 0 Å². The minimum Gasteiger partial charge on any atom is -0.394 e. The molecule has 144 valence electrons. The minimum atomic E-state index is -0.682. The summed E-state index contributed by atoms with van der Waals surface area (Å²) < 4.78 is 13.4. The Morgan fingerprint density at radius 1 is 1.33 bits per heavy atom. The number of rotatable bonds is 8. The summed E-state index contributed by atoms with van der Waals surface area (Å²) in [5, 5.41) is 26.8. The van der Waals surface area contributed by atoms with Crippen molar-refractivity contribution in [2.24, 2.45) is 5.92 Å². The third kappa shape index (κ3) is 4.68. The SMILES string of the molecule is CC(C)[C@@H](CO)Nc1nc(Nc2ccc(F)cc2[N+](=O)[O-])cc(C2CC2)n1. The molecule has 8 nitrogen and oxygen atoms in total. The van der Waals surface area contributed by atoms with Crippen LogP contribution in [0.5, 0.6) is 0 Å². The molecule has 0 radical (unpaired) electrons. The van der Waals surface area contributed by atoms with E-state index in [1.165, 1.54) is 6.07 Å². The normalized spacial score (nSPS) is 14.9. The number of hydrogen-bond donors (Lipinski definition) is 3. The van der Waals surface area contributed by atoms with Crippen LogP contribution in [0.2, 0.25) is 0 Å². The van der Waals surface area contributed by atoms with Crippen molar-refractivity contribution in [3.8, 4) is 0 Å². The fourth-order valence-corrected chi connectivity index (χ4v) is 2.67. The van der Waals surface area contributed by atoms with Crippen molar-refractivity contribution in [1.82, 2.24) is 9.97 Å². The van der Waals surface area contributed by atoms with Gasteiger partial charge in [-0.25, -0.2) is 9.37 Å². The number of benzene rings is 1. The molecule has 0 saturated heterocycles. The van der Waals surface area contributed by atoms with E-state index >= 15 is 0 Å². The molecule has 3 N–H and O–H groups in total. The smallest absolute Gasteiger partial charge is 0.295 e. The van der Waals surface area contributed by atoms with Gasteiger partial charge in [0.1, 0.15) is 17.3 Å². The number of hydrogen-bond acceptors (Lipinski definition) is 7. The lowest BCUT2D eigenvalue weighted by atomic mass is 10.1. The number of nitrogens with zero attached hydrogens (tertiary/aromatic N) is 3. The molecule has 1 saturated carbocycles. The molecule has 1 atom stereocenters. The zero-order chi connectivity index (χ0) is 19.6. The summed E-state index contributed by atoms with van der Waals surface area (Å²) >= 11 is 0. The molecular formula is C18H22FN5O3. The molecule has 0 spiro atoms. The Morgan fingerprint density at radius 2 is 2.07 bits per heavy atom. The molecule has 1 aliphatic rings. The number of aromatic nitrogens is 2. The van der Waals surface area contributed by atoms with Crippen LogP contribution in [0.25, 0.3) is 0 Å². The van der Waals surface area contributed by atoms with Gasteiger partial charge in [0.25, 0.3) is 5.69 Å². The van der Waals surface area contributed by atoms with E-state index in [-0.39, 0.29) is 29.9 Å². The van der Waals surface area contributed by atoms with Gasteiger partial charge in [-0.05, 0) is 30.9 Å². The fourth-order valence-electron chi connectivity index (χ4n) is 2.67. The van der Waals surface area contributed by atoms with Crippen LogP contribution in [-0.2, 0) is 0 Å². The van der Waals surface area contributed by atoms with E-state index in [9.17, 15) is 19.6 Å². The van der Waals surface area contributed by atoms with Crippen molar-refractivity contribution in [2.75, 3.05) is 17.2 Å². The van der Waals surface area contributed by atoms with Gasteiger partial charge in [-0.15, -0.1) is 0 Å². The molecule has 1 aliphatic carbocycles. The van der Waals surface area contributed by atoms with Crippen LogP contribution in [0.3, 0.4) is 0 Å². The number of aliphatic hydroxyl groups is 1. The summed E-state index contributed by atoms with van der Waals surface area (Å²) in [6, 6.07) is 4.86. The molecule has 1 aromatic heterocycles. The standard InChI is InChI=1S/C18H22FN5O3/c1-10(2)15(9-25)22-18-21-14(11-3-4-11)8-17(23-18)20-13-6-5-12(19)7-16(13)24(26)27/h5-8,10-11,15,25H,3-4,9H2,1-2H3,(H2,20,21,22,23)/t15-/m1/s1. The highest BCUT2D eigenvalue weighted by molar-refractivity contribution is 5.68. The zero-order valence-electron chi connectivity index (χ0n) is 15.1. The van der Waals surface area contributed by atoms with Gasteiger partial charge in [-0.3, -0.25) is 10.1 Å². The molecule has 3 rings (SSSR count). The second-order valence-electron chi connectivity index (χ2n) is 7.00. The monoisotopic (exact) mass is 375 g/mol. The second kappa shape index (κ2) is 7.83. The lowest BCUT2D eigenvalue weighted by Crippen LogP contribution is -2.30. The highest BCUT2D eigenvalue weighted by atomic mass is 19.1. The van der Waals surface area contributed by atoms with Gasteiger partial charge in [0, 0.05) is 12.0 Å². The number of anilines is 3. The maximum atomic E-state index is 13.4. The number of nitro benzene ring substituents is 1. The van der Waals surface area contributed by atoms with Crippen molar-refractivity contribution < 1.29 is 14.4 Å². The van der Waals surface area contributed by atoms with E-state index in [0.29, 0.717) is 17.7 Å². The third-order valence-corrected chi connectivity index (χ3v) is 4.48. The van der Waals surface area contributed by atoms with E-state index in [0.717, 1.165) is 30.7 Å². The van der Waals surface area contributed by atoms with E-state index < -0.39 is 10.7 Å². The summed E-state index contributed by atoms with van der Waals surface area (Å²) in [6.07, 6.45) is 2.06. The summed E-state index contributed by atoms with van der Waals surface area (Å²) in [4.78, 5) is 19.4. The van der Waals surface area contributed by atoms with E-state index in [1.807, 2.05) is 13.8 Å². The van der Waals surface area contributed by atoms with Crippen LogP contribution < -0.4 is 10.6 Å². The first-order valence-electron chi connectivity index (χ1n) is 8.84.